The molecule has 0 spiro atoms. The van der Waals surface area contributed by atoms with Gasteiger partial charge in [-0.3, -0.25) is 4.79 Å². The van der Waals surface area contributed by atoms with Crippen molar-refractivity contribution in [1.82, 2.24) is 4.57 Å². The third kappa shape index (κ3) is 3.80. The lowest BCUT2D eigenvalue weighted by Gasteiger charge is -2.13. The quantitative estimate of drug-likeness (QED) is 0.382. The first-order chi connectivity index (χ1) is 15.0. The molecule has 6 heteroatoms. The van der Waals surface area contributed by atoms with Crippen molar-refractivity contribution >= 4 is 5.78 Å². The van der Waals surface area contributed by atoms with Crippen molar-refractivity contribution < 1.29 is 23.4 Å². The number of ketones is 1. The number of nitrogens with zero attached hydrogens (tertiary/aromatic N) is 1. The molecular formula is C25H23NO5. The molecule has 0 aliphatic carbocycles. The second kappa shape index (κ2) is 8.44. The lowest BCUT2D eigenvalue weighted by molar-refractivity contribution is 0.103. The number of hydrogen-bond acceptors (Lipinski definition) is 5. The monoisotopic (exact) mass is 417 g/mol. The van der Waals surface area contributed by atoms with Crippen LogP contribution in [0.2, 0.25) is 0 Å². The summed E-state index contributed by atoms with van der Waals surface area (Å²) in [6, 6.07) is 13.2. The fourth-order valence-electron chi connectivity index (χ4n) is 3.59. The third-order valence-corrected chi connectivity index (χ3v) is 5.13. The molecule has 6 nitrogen and oxygen atoms in total. The molecular weight excluding hydrogens is 394 g/mol. The van der Waals surface area contributed by atoms with Crippen LogP contribution in [0.25, 0.3) is 16.8 Å². The van der Waals surface area contributed by atoms with Gasteiger partial charge < -0.3 is 23.2 Å². The average Bonchev–Trinajstić information content (AvgIpc) is 3.47. The van der Waals surface area contributed by atoms with Crippen LogP contribution in [0.3, 0.4) is 0 Å². The van der Waals surface area contributed by atoms with Gasteiger partial charge in [-0.1, -0.05) is 12.1 Å². The molecule has 0 fully saturated rings. The zero-order valence-corrected chi connectivity index (χ0v) is 17.8. The number of furan rings is 1. The molecule has 0 aliphatic heterocycles. The number of ether oxygens (including phenoxy) is 3. The summed E-state index contributed by atoms with van der Waals surface area (Å²) in [4.78, 5) is 13.6. The lowest BCUT2D eigenvalue weighted by Crippen LogP contribution is -2.04. The largest absolute Gasteiger partial charge is 0.493 e. The van der Waals surface area contributed by atoms with Gasteiger partial charge in [0.25, 0.3) is 0 Å². The molecule has 0 amide bonds. The lowest BCUT2D eigenvalue weighted by atomic mass is 9.99. The van der Waals surface area contributed by atoms with Crippen LogP contribution in [0.15, 0.2) is 71.8 Å². The maximum Gasteiger partial charge on any atom is 0.203 e. The molecule has 31 heavy (non-hydrogen) atoms. The molecule has 0 unspecified atom stereocenters. The molecule has 0 aliphatic rings. The molecule has 0 saturated carbocycles. The zero-order chi connectivity index (χ0) is 22.0. The average molecular weight is 417 g/mol. The maximum absolute atomic E-state index is 13.6. The summed E-state index contributed by atoms with van der Waals surface area (Å²) in [6.45, 7) is 2.03. The Balaban J connectivity index is 1.86. The van der Waals surface area contributed by atoms with Crippen molar-refractivity contribution in [3.05, 3.63) is 84.1 Å². The first-order valence-electron chi connectivity index (χ1n) is 9.72. The maximum atomic E-state index is 13.6. The highest BCUT2D eigenvalue weighted by molar-refractivity contribution is 6.13. The van der Waals surface area contributed by atoms with E-state index in [1.165, 1.54) is 21.3 Å². The van der Waals surface area contributed by atoms with Gasteiger partial charge >= 0.3 is 0 Å². The Kier molecular flexibility index (Phi) is 5.54. The zero-order valence-electron chi connectivity index (χ0n) is 17.8. The van der Waals surface area contributed by atoms with E-state index in [1.54, 1.807) is 24.7 Å². The van der Waals surface area contributed by atoms with Gasteiger partial charge in [-0.25, -0.2) is 0 Å². The van der Waals surface area contributed by atoms with Crippen LogP contribution in [0.1, 0.15) is 21.5 Å². The van der Waals surface area contributed by atoms with E-state index in [-0.39, 0.29) is 5.78 Å². The number of hydrogen-bond donors (Lipinski definition) is 0. The highest BCUT2D eigenvalue weighted by Crippen LogP contribution is 2.39. The first-order valence-corrected chi connectivity index (χ1v) is 9.72. The van der Waals surface area contributed by atoms with Gasteiger partial charge in [0.05, 0.1) is 33.9 Å². The Morgan fingerprint density at radius 3 is 2.26 bits per heavy atom. The number of aromatic nitrogens is 1. The van der Waals surface area contributed by atoms with E-state index in [0.717, 1.165) is 22.4 Å². The summed E-state index contributed by atoms with van der Waals surface area (Å²) in [7, 11) is 4.58. The van der Waals surface area contributed by atoms with Gasteiger partial charge in [0.1, 0.15) is 0 Å². The predicted octanol–water partition coefficient (Wildman–Crippen LogP) is 5.30. The molecule has 0 atom stereocenters. The van der Waals surface area contributed by atoms with Crippen molar-refractivity contribution in [2.75, 3.05) is 21.3 Å². The Bertz CT molecular complexity index is 1200. The second-order valence-corrected chi connectivity index (χ2v) is 7.09. The number of rotatable bonds is 7. The van der Waals surface area contributed by atoms with Crippen molar-refractivity contribution in [2.24, 2.45) is 0 Å². The van der Waals surface area contributed by atoms with Crippen LogP contribution in [-0.2, 0) is 0 Å². The fourth-order valence-corrected chi connectivity index (χ4v) is 3.59. The number of benzene rings is 2. The van der Waals surface area contributed by atoms with E-state index in [2.05, 4.69) is 6.07 Å². The van der Waals surface area contributed by atoms with Crippen LogP contribution < -0.4 is 14.2 Å². The topological polar surface area (TPSA) is 62.8 Å². The van der Waals surface area contributed by atoms with Gasteiger partial charge in [-0.05, 0) is 42.8 Å². The highest BCUT2D eigenvalue weighted by atomic mass is 16.5. The number of aryl methyl sites for hydroxylation is 1. The molecule has 2 heterocycles. The SMILES string of the molecule is COc1cc(C(=O)c2cn(-c3cccc(C)c3)cc2-c2ccoc2)cc(OC)c1OC. The summed E-state index contributed by atoms with van der Waals surface area (Å²) in [5, 5.41) is 0. The predicted molar refractivity (Wildman–Crippen MR) is 118 cm³/mol. The summed E-state index contributed by atoms with van der Waals surface area (Å²) in [5.41, 5.74) is 4.66. The Labute approximate surface area is 180 Å². The number of carbonyl (C=O) groups is 1. The van der Waals surface area contributed by atoms with Gasteiger partial charge in [0, 0.05) is 40.3 Å². The molecule has 4 rings (SSSR count). The van der Waals surface area contributed by atoms with Gasteiger partial charge in [-0.2, -0.15) is 0 Å². The van der Waals surface area contributed by atoms with Crippen molar-refractivity contribution in [1.29, 1.82) is 0 Å². The summed E-state index contributed by atoms with van der Waals surface area (Å²) >= 11 is 0. The summed E-state index contributed by atoms with van der Waals surface area (Å²) in [5.74, 6) is 1.12. The first kappa shape index (κ1) is 20.3. The minimum atomic E-state index is -0.165. The minimum Gasteiger partial charge on any atom is -0.493 e. The van der Waals surface area contributed by atoms with Crippen molar-refractivity contribution in [3.8, 4) is 34.1 Å². The van der Waals surface area contributed by atoms with Crippen LogP contribution in [0, 0.1) is 6.92 Å². The minimum absolute atomic E-state index is 0.165. The fraction of sp³-hybridized carbons (Fsp3) is 0.160. The number of carbonyl (C=O) groups excluding carboxylic acids is 1. The molecule has 4 aromatic rings. The molecule has 0 radical (unpaired) electrons. The second-order valence-electron chi connectivity index (χ2n) is 7.09. The smallest absolute Gasteiger partial charge is 0.203 e. The standard InChI is InChI=1S/C25H23NO5/c1-16-6-5-7-19(10-16)26-13-20(17-8-9-31-15-17)21(14-26)24(27)18-11-22(28-2)25(30-4)23(12-18)29-3/h5-15H,1-4H3. The van der Waals surface area contributed by atoms with E-state index >= 15 is 0 Å². The highest BCUT2D eigenvalue weighted by Gasteiger charge is 2.22. The molecule has 0 bridgehead atoms. The van der Waals surface area contributed by atoms with Crippen molar-refractivity contribution in [3.63, 3.8) is 0 Å². The molecule has 2 aromatic carbocycles. The summed E-state index contributed by atoms with van der Waals surface area (Å²) in [6.07, 6.45) is 6.99. The van der Waals surface area contributed by atoms with Crippen LogP contribution in [-0.4, -0.2) is 31.7 Å². The normalized spacial score (nSPS) is 10.7. The molecule has 2 aromatic heterocycles. The van der Waals surface area contributed by atoms with Crippen LogP contribution in [0.4, 0.5) is 0 Å². The van der Waals surface area contributed by atoms with E-state index in [9.17, 15) is 4.79 Å². The third-order valence-electron chi connectivity index (χ3n) is 5.13. The van der Waals surface area contributed by atoms with Gasteiger partial charge in [0.2, 0.25) is 5.75 Å². The molecule has 0 saturated heterocycles. The van der Waals surface area contributed by atoms with Crippen molar-refractivity contribution in [2.45, 2.75) is 6.92 Å². The van der Waals surface area contributed by atoms with Crippen LogP contribution >= 0.6 is 0 Å². The van der Waals surface area contributed by atoms with E-state index in [0.29, 0.717) is 28.4 Å². The molecule has 0 N–H and O–H groups in total. The van der Waals surface area contributed by atoms with Gasteiger partial charge in [-0.15, -0.1) is 0 Å². The Morgan fingerprint density at radius 1 is 0.935 bits per heavy atom. The number of methoxy groups -OCH3 is 3. The summed E-state index contributed by atoms with van der Waals surface area (Å²) < 4.78 is 23.4. The van der Waals surface area contributed by atoms with E-state index in [4.69, 9.17) is 18.6 Å². The van der Waals surface area contributed by atoms with E-state index in [1.807, 2.05) is 48.1 Å². The Morgan fingerprint density at radius 2 is 1.68 bits per heavy atom. The van der Waals surface area contributed by atoms with Gasteiger partial charge in [0.15, 0.2) is 17.3 Å². The Hall–Kier alpha value is -3.93. The molecule has 158 valence electrons. The van der Waals surface area contributed by atoms with Crippen LogP contribution in [0.5, 0.6) is 17.2 Å². The van der Waals surface area contributed by atoms with E-state index < -0.39 is 0 Å².